The van der Waals surface area contributed by atoms with Gasteiger partial charge in [0.2, 0.25) is 7.49 Å². The molecular formula is C35H54F3O5PPdS. The first-order valence-corrected chi connectivity index (χ1v) is 18.2. The van der Waals surface area contributed by atoms with Gasteiger partial charge in [0.1, 0.15) is 16.1 Å². The second-order valence-electron chi connectivity index (χ2n) is 13.9. The summed E-state index contributed by atoms with van der Waals surface area (Å²) in [7, 11) is -6.97. The Labute approximate surface area is 291 Å². The van der Waals surface area contributed by atoms with E-state index in [0.717, 1.165) is 22.3 Å². The molecule has 0 unspecified atom stereocenters. The number of hydrogen-bond acceptors (Lipinski definition) is 5. The Morgan fingerprint density at radius 1 is 0.783 bits per heavy atom. The van der Waals surface area contributed by atoms with Gasteiger partial charge in [-0.25, -0.2) is 19.6 Å². The monoisotopic (exact) mass is 780 g/mol. The summed E-state index contributed by atoms with van der Waals surface area (Å²) in [6.07, 6.45) is 1.50. The van der Waals surface area contributed by atoms with Crippen LogP contribution in [0.25, 0.3) is 11.1 Å². The van der Waals surface area contributed by atoms with E-state index in [1.165, 1.54) is 20.3 Å². The van der Waals surface area contributed by atoms with E-state index in [9.17, 15) is 21.6 Å². The minimum absolute atomic E-state index is 0. The van der Waals surface area contributed by atoms with E-state index in [0.29, 0.717) is 16.6 Å². The number of ether oxygens (including phenoxy) is 2. The standard InChI is InChI=1S/C32H49F3O5PS.C3H5.Pd/c1-19(2)22-17-23(20(3)4)27(24(18-22)21(5)6)28-25(38-13)15-16-26(39-14)29(28)41(30(7,8)9,31(10,11)12)40-42(36,37)32(33,34)35;1-3-2;/h15-21H,1-14H3;3H,1-2H2;/q+1;-1;. The van der Waals surface area contributed by atoms with Crippen molar-refractivity contribution in [1.29, 1.82) is 0 Å². The van der Waals surface area contributed by atoms with Gasteiger partial charge in [0.05, 0.1) is 19.8 Å². The molecule has 266 valence electrons. The van der Waals surface area contributed by atoms with Crippen LogP contribution in [0.3, 0.4) is 0 Å². The molecule has 11 heteroatoms. The SMILES string of the molecule is C=C[CH2-].COc1ccc(OC)c([P+](OS(=O)(=O)C(F)(F)F)(C(C)(C)C)C(C)(C)C)c1-c1c(C(C)C)cc(C(C)C)cc1C(C)C.[Pd]. The fraction of sp³-hybridized carbons (Fsp3) is 0.571. The van der Waals surface area contributed by atoms with Crippen molar-refractivity contribution in [1.82, 2.24) is 0 Å². The first-order chi connectivity index (χ1) is 20.3. The molecule has 0 N–H and O–H groups in total. The minimum atomic E-state index is -6.03. The third-order valence-electron chi connectivity index (χ3n) is 7.62. The molecule has 0 bridgehead atoms. The molecular weight excluding hydrogens is 727 g/mol. The molecule has 2 aromatic rings. The topological polar surface area (TPSA) is 61.8 Å². The Balaban J connectivity index is 0.00000486. The maximum absolute atomic E-state index is 14.1. The number of alkyl halides is 3. The molecule has 0 heterocycles. The van der Waals surface area contributed by atoms with Crippen LogP contribution in [0.1, 0.15) is 118 Å². The average Bonchev–Trinajstić information content (AvgIpc) is 2.88. The Morgan fingerprint density at radius 2 is 1.15 bits per heavy atom. The van der Waals surface area contributed by atoms with E-state index in [1.54, 1.807) is 53.7 Å². The second-order valence-corrected chi connectivity index (χ2v) is 20.3. The van der Waals surface area contributed by atoms with Crippen molar-refractivity contribution in [3.05, 3.63) is 60.5 Å². The van der Waals surface area contributed by atoms with Gasteiger partial charge < -0.3 is 9.47 Å². The molecule has 0 aromatic heterocycles. The van der Waals surface area contributed by atoms with Crippen LogP contribution >= 0.6 is 7.49 Å². The Kier molecular flexibility index (Phi) is 15.7. The van der Waals surface area contributed by atoms with Gasteiger partial charge in [-0.3, -0.25) is 0 Å². The van der Waals surface area contributed by atoms with Gasteiger partial charge >= 0.3 is 15.6 Å². The van der Waals surface area contributed by atoms with Gasteiger partial charge in [-0.05, 0) is 93.7 Å². The predicted octanol–water partition coefficient (Wildman–Crippen LogP) is 10.8. The van der Waals surface area contributed by atoms with E-state index in [2.05, 4.69) is 67.2 Å². The minimum Gasteiger partial charge on any atom is -0.496 e. The van der Waals surface area contributed by atoms with Gasteiger partial charge in [0.15, 0.2) is 11.1 Å². The molecule has 0 aliphatic carbocycles. The van der Waals surface area contributed by atoms with Crippen LogP contribution in [0.15, 0.2) is 36.9 Å². The fourth-order valence-electron chi connectivity index (χ4n) is 5.81. The van der Waals surface area contributed by atoms with Crippen molar-refractivity contribution in [3.8, 4) is 22.6 Å². The molecule has 46 heavy (non-hydrogen) atoms. The van der Waals surface area contributed by atoms with Crippen LogP contribution in [0, 0.1) is 6.92 Å². The summed E-state index contributed by atoms with van der Waals surface area (Å²) in [5.41, 5.74) is -1.20. The molecule has 0 atom stereocenters. The van der Waals surface area contributed by atoms with Gasteiger partial charge in [-0.15, -0.1) is 3.97 Å². The third-order valence-corrected chi connectivity index (χ3v) is 14.7. The van der Waals surface area contributed by atoms with Crippen molar-refractivity contribution in [2.24, 2.45) is 0 Å². The fourth-order valence-corrected chi connectivity index (χ4v) is 13.8. The Morgan fingerprint density at radius 3 is 1.43 bits per heavy atom. The van der Waals surface area contributed by atoms with E-state index in [-0.39, 0.29) is 43.9 Å². The Hall–Kier alpha value is -1.56. The van der Waals surface area contributed by atoms with Crippen molar-refractivity contribution in [2.75, 3.05) is 14.2 Å². The van der Waals surface area contributed by atoms with Crippen molar-refractivity contribution >= 4 is 22.9 Å². The van der Waals surface area contributed by atoms with E-state index in [4.69, 9.17) is 13.4 Å². The van der Waals surface area contributed by atoms with Crippen LogP contribution in [0.5, 0.6) is 11.5 Å². The van der Waals surface area contributed by atoms with E-state index in [1.807, 2.05) is 0 Å². The molecule has 0 saturated heterocycles. The summed E-state index contributed by atoms with van der Waals surface area (Å²) in [5.74, 6) is 0.932. The van der Waals surface area contributed by atoms with Gasteiger partial charge in [0, 0.05) is 20.4 Å². The maximum atomic E-state index is 14.1. The molecule has 0 amide bonds. The first-order valence-electron chi connectivity index (χ1n) is 15.1. The second kappa shape index (κ2) is 16.2. The quantitative estimate of drug-likeness (QED) is 0.110. The van der Waals surface area contributed by atoms with Crippen molar-refractivity contribution < 1.29 is 55.5 Å². The zero-order valence-electron chi connectivity index (χ0n) is 29.9. The van der Waals surface area contributed by atoms with Crippen molar-refractivity contribution in [2.45, 2.75) is 117 Å². The first kappa shape index (κ1) is 44.4. The summed E-state index contributed by atoms with van der Waals surface area (Å²) in [4.78, 5) is 0. The number of halogens is 3. The number of allylic oxidation sites excluding steroid dienone is 1. The molecule has 5 nitrogen and oxygen atoms in total. The van der Waals surface area contributed by atoms with Crippen LogP contribution in [0.4, 0.5) is 13.2 Å². The molecule has 0 fully saturated rings. The average molecular weight is 781 g/mol. The molecule has 0 aliphatic heterocycles. The van der Waals surface area contributed by atoms with Gasteiger partial charge in [-0.2, -0.15) is 21.6 Å². The third kappa shape index (κ3) is 8.91. The van der Waals surface area contributed by atoms with E-state index < -0.39 is 33.4 Å². The van der Waals surface area contributed by atoms with Gasteiger partial charge in [0.25, 0.3) is 0 Å². The van der Waals surface area contributed by atoms with Crippen LogP contribution in [-0.4, -0.2) is 38.5 Å². The van der Waals surface area contributed by atoms with Gasteiger partial charge in [-0.1, -0.05) is 53.7 Å². The zero-order chi connectivity index (χ0) is 35.5. The van der Waals surface area contributed by atoms with Crippen LogP contribution in [-0.2, 0) is 34.5 Å². The number of hydrogen-bond donors (Lipinski definition) is 0. The predicted molar refractivity (Wildman–Crippen MR) is 185 cm³/mol. The maximum Gasteiger partial charge on any atom is 0.526 e. The van der Waals surface area contributed by atoms with E-state index >= 15 is 0 Å². The largest absolute Gasteiger partial charge is 0.526 e. The number of benzene rings is 2. The molecule has 0 radical (unpaired) electrons. The zero-order valence-corrected chi connectivity index (χ0v) is 33.1. The van der Waals surface area contributed by atoms with Crippen molar-refractivity contribution in [3.63, 3.8) is 0 Å². The number of methoxy groups -OCH3 is 2. The molecule has 0 spiro atoms. The smallest absolute Gasteiger partial charge is 0.496 e. The Bertz CT molecular complexity index is 1390. The molecule has 0 saturated carbocycles. The summed E-state index contributed by atoms with van der Waals surface area (Å²) >= 11 is 0. The molecule has 2 rings (SSSR count). The van der Waals surface area contributed by atoms with Crippen LogP contribution < -0.4 is 14.8 Å². The summed E-state index contributed by atoms with van der Waals surface area (Å²) in [6, 6.07) is 7.63. The summed E-state index contributed by atoms with van der Waals surface area (Å²) in [5, 5.41) is -1.88. The van der Waals surface area contributed by atoms with Crippen LogP contribution in [0.2, 0.25) is 0 Å². The molecule has 0 aliphatic rings. The summed E-state index contributed by atoms with van der Waals surface area (Å²) < 4.78 is 85.9. The number of rotatable bonds is 9. The summed E-state index contributed by atoms with van der Waals surface area (Å²) in [6.45, 7) is 29.4. The molecule has 2 aromatic carbocycles. The normalized spacial score (nSPS) is 12.9.